The number of thioether (sulfide) groups is 1. The monoisotopic (exact) mass is 340 g/mol. The van der Waals surface area contributed by atoms with Crippen molar-refractivity contribution in [3.05, 3.63) is 28.7 Å². The van der Waals surface area contributed by atoms with Gasteiger partial charge < -0.3 is 0 Å². The molecule has 3 unspecified atom stereocenters. The van der Waals surface area contributed by atoms with Gasteiger partial charge in [0.1, 0.15) is 5.78 Å². The first-order valence-electron chi connectivity index (χ1n) is 6.97. The molecule has 1 aromatic carbocycles. The first-order chi connectivity index (χ1) is 9.06. The number of rotatable bonds is 4. The molecule has 0 aromatic heterocycles. The van der Waals surface area contributed by atoms with Gasteiger partial charge in [-0.05, 0) is 55.4 Å². The van der Waals surface area contributed by atoms with E-state index in [1.54, 1.807) is 11.8 Å². The van der Waals surface area contributed by atoms with E-state index >= 15 is 0 Å². The molecule has 104 valence electrons. The van der Waals surface area contributed by atoms with Gasteiger partial charge in [-0.2, -0.15) is 0 Å². The fourth-order valence-corrected chi connectivity index (χ4v) is 3.78. The molecule has 0 N–H and O–H groups in total. The molecule has 1 aromatic rings. The maximum Gasteiger partial charge on any atom is 0.146 e. The van der Waals surface area contributed by atoms with Crippen LogP contribution in [-0.2, 0) is 4.79 Å². The van der Waals surface area contributed by atoms with Crippen LogP contribution >= 0.6 is 27.7 Å². The highest BCUT2D eigenvalue weighted by atomic mass is 79.9. The number of Topliss-reactive ketones (excluding diaryl/α,β-unsaturated/α-hetero) is 1. The summed E-state index contributed by atoms with van der Waals surface area (Å²) in [5.41, 5.74) is 0. The van der Waals surface area contributed by atoms with Crippen molar-refractivity contribution < 1.29 is 4.79 Å². The predicted molar refractivity (Wildman–Crippen MR) is 85.5 cm³/mol. The zero-order chi connectivity index (χ0) is 13.8. The molecule has 1 aliphatic carbocycles. The smallest absolute Gasteiger partial charge is 0.146 e. The van der Waals surface area contributed by atoms with Crippen LogP contribution in [0.5, 0.6) is 0 Å². The van der Waals surface area contributed by atoms with Gasteiger partial charge in [-0.15, -0.1) is 11.8 Å². The molecule has 19 heavy (non-hydrogen) atoms. The highest BCUT2D eigenvalue weighted by molar-refractivity contribution is 9.10. The van der Waals surface area contributed by atoms with E-state index in [1.807, 2.05) is 12.1 Å². The molecule has 0 aliphatic heterocycles. The number of halogens is 1. The van der Waals surface area contributed by atoms with Crippen molar-refractivity contribution in [2.24, 2.45) is 17.8 Å². The van der Waals surface area contributed by atoms with Gasteiger partial charge in [-0.3, -0.25) is 4.79 Å². The summed E-state index contributed by atoms with van der Waals surface area (Å²) in [6, 6.07) is 8.18. The van der Waals surface area contributed by atoms with Gasteiger partial charge in [0, 0.05) is 15.3 Å². The van der Waals surface area contributed by atoms with Crippen LogP contribution < -0.4 is 0 Å². The van der Waals surface area contributed by atoms with Crippen LogP contribution in [0.15, 0.2) is 33.6 Å². The minimum absolute atomic E-state index is 0.300. The lowest BCUT2D eigenvalue weighted by atomic mass is 9.74. The number of carbonyl (C=O) groups is 1. The zero-order valence-electron chi connectivity index (χ0n) is 11.6. The molecular formula is C16H21BrOS. The van der Waals surface area contributed by atoms with Crippen LogP contribution in [0.2, 0.25) is 0 Å². The van der Waals surface area contributed by atoms with Crippen molar-refractivity contribution >= 4 is 33.5 Å². The minimum atomic E-state index is 0.300. The fraction of sp³-hybridized carbons (Fsp3) is 0.562. The number of hydrogen-bond acceptors (Lipinski definition) is 2. The van der Waals surface area contributed by atoms with Crippen molar-refractivity contribution in [2.45, 2.75) is 38.0 Å². The summed E-state index contributed by atoms with van der Waals surface area (Å²) >= 11 is 5.09. The fourth-order valence-electron chi connectivity index (χ4n) is 2.64. The second-order valence-electron chi connectivity index (χ2n) is 5.67. The number of benzene rings is 1. The van der Waals surface area contributed by atoms with Crippen LogP contribution in [0.3, 0.4) is 0 Å². The Kier molecular flexibility index (Phi) is 5.52. The highest BCUT2D eigenvalue weighted by Crippen LogP contribution is 2.34. The topological polar surface area (TPSA) is 17.1 Å². The SMILES string of the molecule is CC1CCC(C(=O)CSc2ccc(Br)cc2)CC1C. The van der Waals surface area contributed by atoms with Gasteiger partial charge >= 0.3 is 0 Å². The van der Waals surface area contributed by atoms with Crippen molar-refractivity contribution in [3.63, 3.8) is 0 Å². The van der Waals surface area contributed by atoms with Gasteiger partial charge in [0.2, 0.25) is 0 Å². The molecule has 1 fully saturated rings. The lowest BCUT2D eigenvalue weighted by Gasteiger charge is -2.31. The molecule has 0 amide bonds. The van der Waals surface area contributed by atoms with Gasteiger partial charge in [0.05, 0.1) is 5.75 Å². The Labute approximate surface area is 128 Å². The van der Waals surface area contributed by atoms with Crippen molar-refractivity contribution in [3.8, 4) is 0 Å². The third kappa shape index (κ3) is 4.35. The van der Waals surface area contributed by atoms with Crippen LogP contribution in [0.4, 0.5) is 0 Å². The molecule has 0 radical (unpaired) electrons. The van der Waals surface area contributed by atoms with Gasteiger partial charge in [0.25, 0.3) is 0 Å². The van der Waals surface area contributed by atoms with Crippen LogP contribution in [0.1, 0.15) is 33.1 Å². The first-order valence-corrected chi connectivity index (χ1v) is 8.75. The van der Waals surface area contributed by atoms with Crippen molar-refractivity contribution in [1.82, 2.24) is 0 Å². The average Bonchev–Trinajstić information content (AvgIpc) is 2.41. The van der Waals surface area contributed by atoms with E-state index in [2.05, 4.69) is 41.9 Å². The normalized spacial score (nSPS) is 27.2. The van der Waals surface area contributed by atoms with Crippen LogP contribution in [-0.4, -0.2) is 11.5 Å². The first kappa shape index (κ1) is 15.1. The second-order valence-corrected chi connectivity index (χ2v) is 7.64. The Hall–Kier alpha value is -0.280. The van der Waals surface area contributed by atoms with Crippen molar-refractivity contribution in [2.75, 3.05) is 5.75 Å². The lowest BCUT2D eigenvalue weighted by Crippen LogP contribution is -2.27. The van der Waals surface area contributed by atoms with E-state index in [1.165, 1.54) is 11.3 Å². The Morgan fingerprint density at radius 3 is 2.53 bits per heavy atom. The molecule has 0 bridgehead atoms. The molecular weight excluding hydrogens is 320 g/mol. The number of hydrogen-bond donors (Lipinski definition) is 0. The standard InChI is InChI=1S/C16H21BrOS/c1-11-3-4-13(9-12(11)2)16(18)10-19-15-7-5-14(17)6-8-15/h5-8,11-13H,3-4,9-10H2,1-2H3. The maximum absolute atomic E-state index is 12.3. The summed E-state index contributed by atoms with van der Waals surface area (Å²) in [6.07, 6.45) is 3.38. The molecule has 1 aliphatic rings. The largest absolute Gasteiger partial charge is 0.298 e. The van der Waals surface area contributed by atoms with E-state index in [0.29, 0.717) is 23.4 Å². The minimum Gasteiger partial charge on any atom is -0.298 e. The van der Waals surface area contributed by atoms with Crippen LogP contribution in [0, 0.1) is 17.8 Å². The third-order valence-corrected chi connectivity index (χ3v) is 5.81. The average molecular weight is 341 g/mol. The predicted octanol–water partition coefficient (Wildman–Crippen LogP) is 5.18. The number of carbonyl (C=O) groups excluding carboxylic acids is 1. The summed E-state index contributed by atoms with van der Waals surface area (Å²) in [4.78, 5) is 13.4. The highest BCUT2D eigenvalue weighted by Gasteiger charge is 2.28. The molecule has 0 heterocycles. The summed E-state index contributed by atoms with van der Waals surface area (Å²) < 4.78 is 1.08. The Morgan fingerprint density at radius 1 is 1.21 bits per heavy atom. The Morgan fingerprint density at radius 2 is 1.89 bits per heavy atom. The molecule has 1 saturated carbocycles. The second kappa shape index (κ2) is 6.94. The molecule has 0 saturated heterocycles. The maximum atomic E-state index is 12.3. The van der Waals surface area contributed by atoms with Crippen LogP contribution in [0.25, 0.3) is 0 Å². The summed E-state index contributed by atoms with van der Waals surface area (Å²) in [5, 5.41) is 0. The van der Waals surface area contributed by atoms with E-state index in [0.717, 1.165) is 23.2 Å². The third-order valence-electron chi connectivity index (χ3n) is 4.25. The molecule has 1 nitrogen and oxygen atoms in total. The van der Waals surface area contributed by atoms with Crippen molar-refractivity contribution in [1.29, 1.82) is 0 Å². The van der Waals surface area contributed by atoms with Gasteiger partial charge in [0.15, 0.2) is 0 Å². The van der Waals surface area contributed by atoms with Gasteiger partial charge in [-0.1, -0.05) is 29.8 Å². The zero-order valence-corrected chi connectivity index (χ0v) is 14.0. The molecule has 0 spiro atoms. The van der Waals surface area contributed by atoms with E-state index in [4.69, 9.17) is 0 Å². The van der Waals surface area contributed by atoms with Gasteiger partial charge in [-0.25, -0.2) is 0 Å². The summed E-state index contributed by atoms with van der Waals surface area (Å²) in [7, 11) is 0. The van der Waals surface area contributed by atoms with E-state index < -0.39 is 0 Å². The molecule has 3 heteroatoms. The Bertz CT molecular complexity index is 429. The van der Waals surface area contributed by atoms with E-state index in [9.17, 15) is 4.79 Å². The Balaban J connectivity index is 1.83. The lowest BCUT2D eigenvalue weighted by molar-refractivity contribution is -0.122. The summed E-state index contributed by atoms with van der Waals surface area (Å²) in [5.74, 6) is 2.83. The number of ketones is 1. The summed E-state index contributed by atoms with van der Waals surface area (Å²) in [6.45, 7) is 4.59. The molecule has 3 atom stereocenters. The quantitative estimate of drug-likeness (QED) is 0.702. The molecule has 2 rings (SSSR count). The van der Waals surface area contributed by atoms with E-state index in [-0.39, 0.29) is 0 Å².